The Morgan fingerprint density at radius 3 is 2.80 bits per heavy atom. The van der Waals surface area contributed by atoms with Crippen LogP contribution < -0.4 is 0 Å². The molecular weight excluding hydrogens is 192 g/mol. The molecule has 60 valence electrons. The predicted octanol–water partition coefficient (Wildman–Crippen LogP) is 2.30. The van der Waals surface area contributed by atoms with Crippen LogP contribution in [0, 0.1) is 17.8 Å². The van der Waals surface area contributed by atoms with Crippen molar-refractivity contribution < 1.29 is 4.74 Å². The van der Waals surface area contributed by atoms with Crippen molar-refractivity contribution in [1.29, 1.82) is 0 Å². The molecule has 10 heavy (non-hydrogen) atoms. The van der Waals surface area contributed by atoms with E-state index in [1.165, 1.54) is 11.8 Å². The van der Waals surface area contributed by atoms with Gasteiger partial charge in [-0.1, -0.05) is 22.9 Å². The normalized spacial score (nSPS) is 33.9. The maximum Gasteiger partial charge on any atom is 0.0490 e. The fourth-order valence-corrected chi connectivity index (χ4v) is 2.28. The van der Waals surface area contributed by atoms with Crippen LogP contribution in [0.1, 0.15) is 13.3 Å². The van der Waals surface area contributed by atoms with E-state index in [1.807, 2.05) is 0 Å². The smallest absolute Gasteiger partial charge is 0.0490 e. The minimum atomic E-state index is 0.757. The van der Waals surface area contributed by atoms with Crippen LogP contribution in [-0.2, 0) is 4.74 Å². The van der Waals surface area contributed by atoms with Gasteiger partial charge in [-0.3, -0.25) is 0 Å². The number of hydrogen-bond acceptors (Lipinski definition) is 1. The van der Waals surface area contributed by atoms with E-state index < -0.39 is 0 Å². The number of hydrogen-bond donors (Lipinski definition) is 0. The van der Waals surface area contributed by atoms with Gasteiger partial charge in [0.25, 0.3) is 0 Å². The van der Waals surface area contributed by atoms with Gasteiger partial charge in [0, 0.05) is 19.0 Å². The summed E-state index contributed by atoms with van der Waals surface area (Å²) in [6, 6.07) is 0. The van der Waals surface area contributed by atoms with E-state index in [4.69, 9.17) is 4.74 Å². The number of rotatable bonds is 4. The Bertz CT molecular complexity index is 105. The third kappa shape index (κ3) is 1.96. The van der Waals surface area contributed by atoms with Crippen LogP contribution in [0.4, 0.5) is 0 Å². The van der Waals surface area contributed by atoms with Crippen molar-refractivity contribution in [3.63, 3.8) is 0 Å². The summed E-state index contributed by atoms with van der Waals surface area (Å²) in [6.45, 7) is 3.20. The zero-order valence-electron chi connectivity index (χ0n) is 6.64. The Labute approximate surface area is 71.3 Å². The van der Waals surface area contributed by atoms with Crippen molar-refractivity contribution >= 4 is 15.9 Å². The number of alkyl halides is 1. The lowest BCUT2D eigenvalue weighted by molar-refractivity contribution is 0.148. The SMILES string of the molecule is COCC(C)C1CC1CBr. The van der Waals surface area contributed by atoms with Crippen molar-refractivity contribution in [1.82, 2.24) is 0 Å². The summed E-state index contributed by atoms with van der Waals surface area (Å²) in [5.41, 5.74) is 0. The van der Waals surface area contributed by atoms with E-state index >= 15 is 0 Å². The Hall–Kier alpha value is 0.440. The van der Waals surface area contributed by atoms with Crippen LogP contribution in [0.2, 0.25) is 0 Å². The molecule has 0 radical (unpaired) electrons. The van der Waals surface area contributed by atoms with Crippen LogP contribution in [-0.4, -0.2) is 19.0 Å². The molecule has 0 aromatic rings. The third-order valence-electron chi connectivity index (χ3n) is 2.34. The molecule has 0 saturated heterocycles. The zero-order valence-corrected chi connectivity index (χ0v) is 8.23. The summed E-state index contributed by atoms with van der Waals surface area (Å²) in [6.07, 6.45) is 1.40. The first-order valence-electron chi connectivity index (χ1n) is 3.84. The summed E-state index contributed by atoms with van der Waals surface area (Å²) >= 11 is 3.50. The van der Waals surface area contributed by atoms with Gasteiger partial charge in [-0.2, -0.15) is 0 Å². The lowest BCUT2D eigenvalue weighted by Crippen LogP contribution is -2.07. The standard InChI is InChI=1S/C8H15BrO/c1-6(5-10-2)8-3-7(8)4-9/h6-8H,3-5H2,1-2H3. The zero-order chi connectivity index (χ0) is 7.56. The van der Waals surface area contributed by atoms with Crippen molar-refractivity contribution in [2.75, 3.05) is 19.0 Å². The Morgan fingerprint density at radius 1 is 1.70 bits per heavy atom. The first kappa shape index (κ1) is 8.54. The van der Waals surface area contributed by atoms with Gasteiger partial charge in [-0.15, -0.1) is 0 Å². The highest BCUT2D eigenvalue weighted by Crippen LogP contribution is 2.45. The molecule has 0 amide bonds. The van der Waals surface area contributed by atoms with E-state index in [2.05, 4.69) is 22.9 Å². The molecular formula is C8H15BrO. The molecule has 0 aliphatic heterocycles. The molecule has 0 heterocycles. The second-order valence-corrected chi connectivity index (χ2v) is 3.89. The van der Waals surface area contributed by atoms with Crippen molar-refractivity contribution in [3.05, 3.63) is 0 Å². The van der Waals surface area contributed by atoms with Gasteiger partial charge in [-0.05, 0) is 24.2 Å². The quantitative estimate of drug-likeness (QED) is 0.642. The minimum absolute atomic E-state index is 0.757. The maximum atomic E-state index is 5.08. The van der Waals surface area contributed by atoms with E-state index in [-0.39, 0.29) is 0 Å². The second kappa shape index (κ2) is 3.72. The third-order valence-corrected chi connectivity index (χ3v) is 3.17. The van der Waals surface area contributed by atoms with Crippen LogP contribution in [0.5, 0.6) is 0 Å². The number of ether oxygens (including phenoxy) is 1. The summed E-state index contributed by atoms with van der Waals surface area (Å²) < 4.78 is 5.08. The van der Waals surface area contributed by atoms with E-state index in [0.717, 1.165) is 24.4 Å². The minimum Gasteiger partial charge on any atom is -0.384 e. The molecule has 0 N–H and O–H groups in total. The highest BCUT2D eigenvalue weighted by atomic mass is 79.9. The Balaban J connectivity index is 2.12. The summed E-state index contributed by atoms with van der Waals surface area (Å²) in [5.74, 6) is 2.62. The molecule has 1 aliphatic carbocycles. The van der Waals surface area contributed by atoms with Gasteiger partial charge in [0.15, 0.2) is 0 Å². The first-order chi connectivity index (χ1) is 4.79. The molecule has 1 rings (SSSR count). The van der Waals surface area contributed by atoms with Gasteiger partial charge in [0.1, 0.15) is 0 Å². The van der Waals surface area contributed by atoms with Gasteiger partial charge in [0.2, 0.25) is 0 Å². The van der Waals surface area contributed by atoms with Crippen molar-refractivity contribution in [2.24, 2.45) is 17.8 Å². The molecule has 1 nitrogen and oxygen atoms in total. The fourth-order valence-electron chi connectivity index (χ4n) is 1.53. The summed E-state index contributed by atoms with van der Waals surface area (Å²) in [7, 11) is 1.78. The van der Waals surface area contributed by atoms with Gasteiger partial charge >= 0.3 is 0 Å². The highest BCUT2D eigenvalue weighted by molar-refractivity contribution is 9.09. The summed E-state index contributed by atoms with van der Waals surface area (Å²) in [4.78, 5) is 0. The van der Waals surface area contributed by atoms with Crippen molar-refractivity contribution in [2.45, 2.75) is 13.3 Å². The highest BCUT2D eigenvalue weighted by Gasteiger charge is 2.39. The van der Waals surface area contributed by atoms with E-state index in [9.17, 15) is 0 Å². The van der Waals surface area contributed by atoms with Crippen LogP contribution >= 0.6 is 15.9 Å². The molecule has 0 aromatic carbocycles. The molecule has 3 atom stereocenters. The monoisotopic (exact) mass is 206 g/mol. The molecule has 0 aromatic heterocycles. The molecule has 3 unspecified atom stereocenters. The molecule has 0 bridgehead atoms. The largest absolute Gasteiger partial charge is 0.384 e. The lowest BCUT2D eigenvalue weighted by Gasteiger charge is -2.07. The number of halogens is 1. The molecule has 2 heteroatoms. The Morgan fingerprint density at radius 2 is 2.40 bits per heavy atom. The lowest BCUT2D eigenvalue weighted by atomic mass is 10.1. The van der Waals surface area contributed by atoms with E-state index in [0.29, 0.717) is 0 Å². The van der Waals surface area contributed by atoms with Gasteiger partial charge in [0.05, 0.1) is 0 Å². The predicted molar refractivity (Wildman–Crippen MR) is 46.4 cm³/mol. The molecule has 0 spiro atoms. The Kier molecular flexibility index (Phi) is 3.18. The second-order valence-electron chi connectivity index (χ2n) is 3.25. The van der Waals surface area contributed by atoms with Crippen LogP contribution in [0.25, 0.3) is 0 Å². The molecule has 1 saturated carbocycles. The first-order valence-corrected chi connectivity index (χ1v) is 4.96. The number of methoxy groups -OCH3 is 1. The van der Waals surface area contributed by atoms with Crippen LogP contribution in [0.3, 0.4) is 0 Å². The van der Waals surface area contributed by atoms with Gasteiger partial charge < -0.3 is 4.74 Å². The van der Waals surface area contributed by atoms with Crippen molar-refractivity contribution in [3.8, 4) is 0 Å². The maximum absolute atomic E-state index is 5.08. The van der Waals surface area contributed by atoms with Gasteiger partial charge in [-0.25, -0.2) is 0 Å². The molecule has 1 fully saturated rings. The summed E-state index contributed by atoms with van der Waals surface area (Å²) in [5, 5.41) is 1.17. The fraction of sp³-hybridized carbons (Fsp3) is 1.00. The molecule has 1 aliphatic rings. The topological polar surface area (TPSA) is 9.23 Å². The average molecular weight is 207 g/mol. The average Bonchev–Trinajstić information content (AvgIpc) is 2.66. The van der Waals surface area contributed by atoms with Crippen LogP contribution in [0.15, 0.2) is 0 Å². The van der Waals surface area contributed by atoms with E-state index in [1.54, 1.807) is 7.11 Å².